The number of hydrogen-bond donors (Lipinski definition) is 4. The zero-order valence-corrected chi connectivity index (χ0v) is 14.6. The first-order chi connectivity index (χ1) is 10.2. The molecule has 8 heteroatoms. The molecule has 0 fully saturated rings. The molecule has 0 rings (SSSR count). The van der Waals surface area contributed by atoms with Gasteiger partial charge in [-0.3, -0.25) is 14.5 Å². The van der Waals surface area contributed by atoms with E-state index in [0.717, 1.165) is 0 Å². The summed E-state index contributed by atoms with van der Waals surface area (Å²) in [6.45, 7) is 13.5. The van der Waals surface area contributed by atoms with Crippen LogP contribution in [0.15, 0.2) is 0 Å². The number of carboxylic acid groups (broad SMARTS) is 3. The van der Waals surface area contributed by atoms with Gasteiger partial charge in [0.25, 0.3) is 0 Å². The molecule has 0 aliphatic heterocycles. The molecule has 23 heavy (non-hydrogen) atoms. The van der Waals surface area contributed by atoms with Gasteiger partial charge in [-0.2, -0.15) is 0 Å². The lowest BCUT2D eigenvalue weighted by Crippen LogP contribution is -2.42. The minimum absolute atomic E-state index is 0.667. The molecule has 0 heterocycles. The van der Waals surface area contributed by atoms with Gasteiger partial charge >= 0.3 is 17.9 Å². The molecule has 0 amide bonds. The van der Waals surface area contributed by atoms with Crippen LogP contribution in [0.25, 0.3) is 0 Å². The van der Waals surface area contributed by atoms with Crippen molar-refractivity contribution in [2.24, 2.45) is 0 Å². The molecule has 0 saturated carbocycles. The van der Waals surface area contributed by atoms with Gasteiger partial charge in [0.1, 0.15) is 0 Å². The molecule has 0 unspecified atom stereocenters. The summed E-state index contributed by atoms with van der Waals surface area (Å²) in [4.78, 5) is 33.0. The minimum atomic E-state index is -2.74. The van der Waals surface area contributed by atoms with Crippen LogP contribution >= 0.6 is 0 Å². The van der Waals surface area contributed by atoms with Crippen LogP contribution in [0.5, 0.6) is 0 Å². The highest BCUT2D eigenvalue weighted by Gasteiger charge is 2.40. The van der Waals surface area contributed by atoms with E-state index in [1.165, 1.54) is 0 Å². The predicted molar refractivity (Wildman–Crippen MR) is 84.3 cm³/mol. The quantitative estimate of drug-likeness (QED) is 0.520. The highest BCUT2D eigenvalue weighted by molar-refractivity contribution is 5.88. The maximum atomic E-state index is 10.3. The molecule has 8 nitrogen and oxygen atoms in total. The number of nitrogens with zero attached hydrogens (tertiary/aromatic N) is 1. The molecular weight excluding hydrogens is 306 g/mol. The number of aliphatic hydroxyl groups is 1. The molecule has 4 N–H and O–H groups in total. The monoisotopic (exact) mass is 335 g/mol. The summed E-state index contributed by atoms with van der Waals surface area (Å²) in [5, 5.41) is 33.8. The maximum absolute atomic E-state index is 10.3. The number of carbonyl (C=O) groups is 3. The summed E-state index contributed by atoms with van der Waals surface area (Å²) in [5.41, 5.74) is -2.74. The number of hydrogen-bond acceptors (Lipinski definition) is 5. The van der Waals surface area contributed by atoms with E-state index in [9.17, 15) is 14.4 Å². The third kappa shape index (κ3) is 9.85. The van der Waals surface area contributed by atoms with E-state index >= 15 is 0 Å². The highest BCUT2D eigenvalue weighted by Crippen LogP contribution is 2.15. The lowest BCUT2D eigenvalue weighted by molar-refractivity contribution is -0.170. The Morgan fingerprint density at radius 1 is 0.783 bits per heavy atom. The van der Waals surface area contributed by atoms with Crippen LogP contribution in [-0.2, 0) is 14.4 Å². The lowest BCUT2D eigenvalue weighted by atomic mass is 9.96. The topological polar surface area (TPSA) is 135 Å². The average molecular weight is 335 g/mol. The first-order valence-electron chi connectivity index (χ1n) is 7.41. The molecule has 136 valence electrons. The Labute approximate surface area is 136 Å². The highest BCUT2D eigenvalue weighted by atomic mass is 16.4. The fraction of sp³-hybridized carbons (Fsp3) is 0.800. The Kier molecular flexibility index (Phi) is 10.4. The van der Waals surface area contributed by atoms with Crippen molar-refractivity contribution in [3.05, 3.63) is 0 Å². The summed E-state index contributed by atoms with van der Waals surface area (Å²) < 4.78 is 0. The van der Waals surface area contributed by atoms with Gasteiger partial charge in [-0.25, -0.2) is 4.79 Å². The third-order valence-corrected chi connectivity index (χ3v) is 3.07. The molecule has 0 aliphatic rings. The van der Waals surface area contributed by atoms with Gasteiger partial charge in [-0.15, -0.1) is 0 Å². The van der Waals surface area contributed by atoms with Gasteiger partial charge in [0.05, 0.1) is 12.8 Å². The van der Waals surface area contributed by atoms with Crippen molar-refractivity contribution in [2.45, 2.75) is 78.1 Å². The first kappa shape index (κ1) is 23.6. The van der Waals surface area contributed by atoms with E-state index in [1.54, 1.807) is 0 Å². The smallest absolute Gasteiger partial charge is 0.336 e. The molecule has 0 spiro atoms. The van der Waals surface area contributed by atoms with Crippen LogP contribution < -0.4 is 0 Å². The SMILES string of the molecule is CC(C)N(C(C)C)C(C)C.O=C(O)CC(O)(CC(=O)O)C(=O)O. The van der Waals surface area contributed by atoms with Crippen LogP contribution in [-0.4, -0.2) is 67.0 Å². The normalized spacial score (nSPS) is 11.6. The second kappa shape index (κ2) is 10.2. The Bertz CT molecular complexity index is 370. The Morgan fingerprint density at radius 2 is 1.04 bits per heavy atom. The average Bonchev–Trinajstić information content (AvgIpc) is 2.24. The summed E-state index contributed by atoms with van der Waals surface area (Å²) in [7, 11) is 0. The zero-order chi connectivity index (χ0) is 19.0. The van der Waals surface area contributed by atoms with Crippen molar-refractivity contribution in [1.82, 2.24) is 4.90 Å². The van der Waals surface area contributed by atoms with Crippen molar-refractivity contribution in [3.63, 3.8) is 0 Å². The number of carboxylic acids is 3. The van der Waals surface area contributed by atoms with E-state index in [4.69, 9.17) is 20.4 Å². The van der Waals surface area contributed by atoms with Gasteiger partial charge in [-0.05, 0) is 41.5 Å². The predicted octanol–water partition coefficient (Wildman–Crippen LogP) is 1.27. The lowest BCUT2D eigenvalue weighted by Gasteiger charge is -2.34. The Morgan fingerprint density at radius 3 is 1.13 bits per heavy atom. The fourth-order valence-electron chi connectivity index (χ4n) is 2.50. The Hall–Kier alpha value is -1.67. The molecule has 0 atom stereocenters. The van der Waals surface area contributed by atoms with Crippen LogP contribution in [0, 0.1) is 0 Å². The third-order valence-electron chi connectivity index (χ3n) is 3.07. The zero-order valence-electron chi connectivity index (χ0n) is 14.6. The van der Waals surface area contributed by atoms with Crippen LogP contribution in [0.1, 0.15) is 54.4 Å². The van der Waals surface area contributed by atoms with Crippen molar-refractivity contribution in [1.29, 1.82) is 0 Å². The standard InChI is InChI=1S/C9H21N.C6H8O7/c1-7(2)10(8(3)4)9(5)6;7-3(8)1-6(13,5(11)12)2-4(9)10/h7-9H,1-6H3;13H,1-2H2,(H,7,8)(H,9,10)(H,11,12). The second-order valence-electron chi connectivity index (χ2n) is 6.21. The molecule has 0 aromatic heterocycles. The van der Waals surface area contributed by atoms with Gasteiger partial charge in [0, 0.05) is 18.1 Å². The first-order valence-corrected chi connectivity index (χ1v) is 7.41. The minimum Gasteiger partial charge on any atom is -0.481 e. The van der Waals surface area contributed by atoms with Gasteiger partial charge in [0.15, 0.2) is 5.60 Å². The fourth-order valence-corrected chi connectivity index (χ4v) is 2.50. The molecule has 0 radical (unpaired) electrons. The molecule has 0 aromatic rings. The molecule has 0 saturated heterocycles. The Balaban J connectivity index is 0. The van der Waals surface area contributed by atoms with Crippen molar-refractivity contribution >= 4 is 17.9 Å². The van der Waals surface area contributed by atoms with E-state index in [1.807, 2.05) is 0 Å². The van der Waals surface area contributed by atoms with Crippen molar-refractivity contribution in [2.75, 3.05) is 0 Å². The van der Waals surface area contributed by atoms with E-state index in [2.05, 4.69) is 46.4 Å². The van der Waals surface area contributed by atoms with Crippen LogP contribution in [0.3, 0.4) is 0 Å². The summed E-state index contributed by atoms with van der Waals surface area (Å²) in [5.74, 6) is -5.02. The number of aliphatic carboxylic acids is 3. The van der Waals surface area contributed by atoms with Gasteiger partial charge in [-0.1, -0.05) is 0 Å². The maximum Gasteiger partial charge on any atom is 0.336 e. The van der Waals surface area contributed by atoms with Crippen molar-refractivity contribution in [3.8, 4) is 0 Å². The number of rotatable bonds is 8. The van der Waals surface area contributed by atoms with E-state index < -0.39 is 36.4 Å². The largest absolute Gasteiger partial charge is 0.481 e. The summed E-state index contributed by atoms with van der Waals surface area (Å²) >= 11 is 0. The molecule has 0 aliphatic carbocycles. The van der Waals surface area contributed by atoms with Crippen LogP contribution in [0.4, 0.5) is 0 Å². The second-order valence-corrected chi connectivity index (χ2v) is 6.21. The summed E-state index contributed by atoms with van der Waals surface area (Å²) in [6.07, 6.45) is -2.29. The van der Waals surface area contributed by atoms with E-state index in [0.29, 0.717) is 18.1 Å². The molecule has 0 bridgehead atoms. The van der Waals surface area contributed by atoms with Gasteiger partial charge in [0.2, 0.25) is 0 Å². The van der Waals surface area contributed by atoms with Crippen molar-refractivity contribution < 1.29 is 34.8 Å². The molecular formula is C15H29NO7. The van der Waals surface area contributed by atoms with Crippen LogP contribution in [0.2, 0.25) is 0 Å². The van der Waals surface area contributed by atoms with E-state index in [-0.39, 0.29) is 0 Å². The summed E-state index contributed by atoms with van der Waals surface area (Å²) in [6, 6.07) is 2.00. The molecule has 0 aromatic carbocycles. The van der Waals surface area contributed by atoms with Gasteiger partial charge < -0.3 is 20.4 Å².